The lowest BCUT2D eigenvalue weighted by Crippen LogP contribution is -2.17. The predicted molar refractivity (Wildman–Crippen MR) is 133 cm³/mol. The van der Waals surface area contributed by atoms with Gasteiger partial charge in [0, 0.05) is 23.0 Å². The summed E-state index contributed by atoms with van der Waals surface area (Å²) in [6.07, 6.45) is 1.75. The summed E-state index contributed by atoms with van der Waals surface area (Å²) >= 11 is 0. The number of rotatable bonds is 6. The molecule has 0 fully saturated rings. The van der Waals surface area contributed by atoms with Crippen LogP contribution in [0, 0.1) is 18.2 Å². The van der Waals surface area contributed by atoms with Crippen molar-refractivity contribution >= 4 is 27.5 Å². The fraction of sp³-hybridized carbons (Fsp3) is 0.0400. The minimum Gasteiger partial charge on any atom is -0.384 e. The van der Waals surface area contributed by atoms with E-state index in [1.807, 2.05) is 6.92 Å². The first kappa shape index (κ1) is 23.9. The number of nitrogens with one attached hydrogen (secondary N) is 2. The topological polar surface area (TPSA) is 144 Å². The van der Waals surface area contributed by atoms with Crippen LogP contribution in [0.1, 0.15) is 21.6 Å². The molecule has 0 bridgehead atoms. The van der Waals surface area contributed by atoms with Gasteiger partial charge in [0.2, 0.25) is 10.0 Å². The smallest absolute Gasteiger partial charge is 0.272 e. The third kappa shape index (κ3) is 4.98. The number of hydrogen-bond acceptors (Lipinski definition) is 4. The van der Waals surface area contributed by atoms with Gasteiger partial charge < -0.3 is 15.6 Å². The number of carbonyl (C=O) groups is 1. The van der Waals surface area contributed by atoms with Crippen molar-refractivity contribution in [2.24, 2.45) is 10.9 Å². The van der Waals surface area contributed by atoms with Gasteiger partial charge in [-0.3, -0.25) is 10.2 Å². The maximum absolute atomic E-state index is 15.0. The Kier molecular flexibility index (Phi) is 6.25. The number of benzene rings is 3. The van der Waals surface area contributed by atoms with Gasteiger partial charge in [0.25, 0.3) is 5.91 Å². The monoisotopic (exact) mass is 491 g/mol. The highest BCUT2D eigenvalue weighted by Gasteiger charge is 2.19. The van der Waals surface area contributed by atoms with Crippen molar-refractivity contribution in [3.63, 3.8) is 0 Å². The van der Waals surface area contributed by atoms with E-state index in [1.54, 1.807) is 47.2 Å². The molecule has 178 valence electrons. The number of anilines is 1. The Labute approximate surface area is 201 Å². The molecule has 6 N–H and O–H groups in total. The summed E-state index contributed by atoms with van der Waals surface area (Å²) in [5, 5.41) is 15.5. The van der Waals surface area contributed by atoms with Gasteiger partial charge in [-0.25, -0.2) is 17.9 Å². The maximum Gasteiger partial charge on any atom is 0.272 e. The zero-order valence-corrected chi connectivity index (χ0v) is 19.4. The number of primary sulfonamides is 1. The van der Waals surface area contributed by atoms with E-state index < -0.39 is 21.7 Å². The van der Waals surface area contributed by atoms with Crippen LogP contribution in [0.5, 0.6) is 0 Å². The van der Waals surface area contributed by atoms with E-state index in [9.17, 15) is 17.6 Å². The highest BCUT2D eigenvalue weighted by molar-refractivity contribution is 7.89. The largest absolute Gasteiger partial charge is 0.384 e. The number of amides is 1. The van der Waals surface area contributed by atoms with Crippen LogP contribution in [-0.4, -0.2) is 24.7 Å². The van der Waals surface area contributed by atoms with Crippen LogP contribution < -0.4 is 16.2 Å². The van der Waals surface area contributed by atoms with E-state index in [-0.39, 0.29) is 27.7 Å². The number of amidine groups is 1. The number of carbonyl (C=O) groups excluding carboxylic acids is 1. The third-order valence-corrected chi connectivity index (χ3v) is 6.32. The van der Waals surface area contributed by atoms with Crippen molar-refractivity contribution in [1.82, 2.24) is 4.57 Å². The van der Waals surface area contributed by atoms with Gasteiger partial charge in [0.05, 0.1) is 10.6 Å². The van der Waals surface area contributed by atoms with Crippen molar-refractivity contribution < 1.29 is 17.6 Å². The highest BCUT2D eigenvalue weighted by atomic mass is 32.2. The summed E-state index contributed by atoms with van der Waals surface area (Å²) in [7, 11) is -4.01. The number of sulfonamides is 1. The van der Waals surface area contributed by atoms with Crippen molar-refractivity contribution in [1.29, 1.82) is 5.41 Å². The number of nitrogen functional groups attached to an aromatic ring is 1. The van der Waals surface area contributed by atoms with Gasteiger partial charge in [-0.05, 0) is 54.4 Å². The van der Waals surface area contributed by atoms with E-state index in [4.69, 9.17) is 16.3 Å². The molecule has 35 heavy (non-hydrogen) atoms. The number of nitrogens with zero attached hydrogens (tertiary/aromatic N) is 1. The third-order valence-electron chi connectivity index (χ3n) is 5.35. The van der Waals surface area contributed by atoms with Crippen LogP contribution in [0.25, 0.3) is 16.8 Å². The van der Waals surface area contributed by atoms with Crippen LogP contribution in [0.4, 0.5) is 10.1 Å². The van der Waals surface area contributed by atoms with Gasteiger partial charge in [-0.1, -0.05) is 36.4 Å². The molecule has 0 radical (unpaired) electrons. The second-order valence-corrected chi connectivity index (χ2v) is 9.46. The van der Waals surface area contributed by atoms with E-state index >= 15 is 0 Å². The second kappa shape index (κ2) is 9.16. The molecule has 1 heterocycles. The Hall–Kier alpha value is -4.28. The summed E-state index contributed by atoms with van der Waals surface area (Å²) in [6.45, 7) is 1.82. The molecule has 0 saturated heterocycles. The first-order chi connectivity index (χ1) is 16.5. The van der Waals surface area contributed by atoms with Crippen molar-refractivity contribution in [2.45, 2.75) is 11.8 Å². The molecule has 1 aromatic heterocycles. The van der Waals surface area contributed by atoms with E-state index in [0.29, 0.717) is 16.8 Å². The first-order valence-corrected chi connectivity index (χ1v) is 12.0. The Balaban J connectivity index is 1.66. The van der Waals surface area contributed by atoms with Crippen LogP contribution in [-0.2, 0) is 10.0 Å². The minimum absolute atomic E-state index is 0.0743. The number of nitrogens with two attached hydrogens (primary N) is 2. The number of halogens is 1. The normalized spacial score (nSPS) is 11.3. The number of aromatic nitrogens is 1. The molecule has 0 aliphatic carbocycles. The molecule has 0 spiro atoms. The molecule has 4 rings (SSSR count). The number of aryl methyl sites for hydroxylation is 1. The molecule has 1 amide bonds. The first-order valence-electron chi connectivity index (χ1n) is 10.4. The molecule has 0 aliphatic rings. The van der Waals surface area contributed by atoms with E-state index in [2.05, 4.69) is 5.32 Å². The molecule has 8 nitrogen and oxygen atoms in total. The van der Waals surface area contributed by atoms with Gasteiger partial charge in [0.1, 0.15) is 17.3 Å². The highest BCUT2D eigenvalue weighted by Crippen LogP contribution is 2.29. The quantitative estimate of drug-likeness (QED) is 0.240. The summed E-state index contributed by atoms with van der Waals surface area (Å²) in [6, 6.07) is 18.5. The van der Waals surface area contributed by atoms with Gasteiger partial charge in [-0.2, -0.15) is 0 Å². The fourth-order valence-electron chi connectivity index (χ4n) is 3.73. The Bertz CT molecular complexity index is 1580. The number of hydrogen-bond donors (Lipinski definition) is 4. The summed E-state index contributed by atoms with van der Waals surface area (Å²) < 4.78 is 40.4. The molecule has 0 unspecified atom stereocenters. The summed E-state index contributed by atoms with van der Waals surface area (Å²) in [4.78, 5) is 12.9. The summed E-state index contributed by atoms with van der Waals surface area (Å²) in [5.41, 5.74) is 8.24. The van der Waals surface area contributed by atoms with E-state index in [0.717, 1.165) is 11.6 Å². The molecular formula is C25H22FN5O3S. The summed E-state index contributed by atoms with van der Waals surface area (Å²) in [5.74, 6) is -1.40. The molecule has 0 aliphatic heterocycles. The molecule has 3 aromatic carbocycles. The van der Waals surface area contributed by atoms with Crippen molar-refractivity contribution in [3.8, 4) is 16.8 Å². The standard InChI is InChI=1S/C25H22FN5O3S/c1-15-11-22(31(14-15)18-6-4-5-17(12-18)24(27)28)25(32)30-21-10-9-16(13-20(21)26)19-7-2-3-8-23(19)35(29,33)34/h2-14H,1H3,(H3,27,28)(H,30,32)(H2,29,33,34). The Morgan fingerprint density at radius 3 is 2.46 bits per heavy atom. The lowest BCUT2D eigenvalue weighted by Gasteiger charge is -2.13. The van der Waals surface area contributed by atoms with Gasteiger partial charge in [0.15, 0.2) is 0 Å². The Morgan fingerprint density at radius 1 is 1.03 bits per heavy atom. The molecule has 0 atom stereocenters. The Morgan fingerprint density at radius 2 is 1.77 bits per heavy atom. The predicted octanol–water partition coefficient (Wildman–Crippen LogP) is 3.78. The average molecular weight is 492 g/mol. The van der Waals surface area contributed by atoms with E-state index in [1.165, 1.54) is 30.3 Å². The van der Waals surface area contributed by atoms with Gasteiger partial charge in [-0.15, -0.1) is 0 Å². The minimum atomic E-state index is -4.01. The average Bonchev–Trinajstić information content (AvgIpc) is 3.21. The van der Waals surface area contributed by atoms with Crippen LogP contribution >= 0.6 is 0 Å². The SMILES string of the molecule is Cc1cc(C(=O)Nc2ccc(-c3ccccc3S(N)(=O)=O)cc2F)n(-c2cccc(C(=N)N)c2)c1. The van der Waals surface area contributed by atoms with Crippen molar-refractivity contribution in [2.75, 3.05) is 5.32 Å². The maximum atomic E-state index is 15.0. The van der Waals surface area contributed by atoms with Gasteiger partial charge >= 0.3 is 0 Å². The fourth-order valence-corrected chi connectivity index (χ4v) is 4.49. The second-order valence-electron chi connectivity index (χ2n) is 7.93. The van der Waals surface area contributed by atoms with Crippen LogP contribution in [0.2, 0.25) is 0 Å². The molecular weight excluding hydrogens is 469 g/mol. The lowest BCUT2D eigenvalue weighted by molar-refractivity contribution is 0.102. The van der Waals surface area contributed by atoms with Crippen LogP contribution in [0.15, 0.2) is 83.9 Å². The zero-order chi connectivity index (χ0) is 25.3. The molecule has 10 heteroatoms. The van der Waals surface area contributed by atoms with Crippen LogP contribution in [0.3, 0.4) is 0 Å². The lowest BCUT2D eigenvalue weighted by atomic mass is 10.0. The van der Waals surface area contributed by atoms with Crippen molar-refractivity contribution in [3.05, 3.63) is 102 Å². The molecule has 4 aromatic rings. The molecule has 0 saturated carbocycles. The zero-order valence-electron chi connectivity index (χ0n) is 18.6.